The average molecular weight is 315 g/mol. The molecule has 0 fully saturated rings. The van der Waals surface area contributed by atoms with Gasteiger partial charge in [-0.15, -0.1) is 11.3 Å². The SMILES string of the molecule is CCC(C)(C)C1CCc2c(sc(NC(=O)CC#N)c2C#N)C1. The van der Waals surface area contributed by atoms with E-state index in [9.17, 15) is 10.1 Å². The number of nitrogens with zero attached hydrogens (tertiary/aromatic N) is 2. The maximum Gasteiger partial charge on any atom is 0.239 e. The monoisotopic (exact) mass is 315 g/mol. The molecule has 1 aliphatic carbocycles. The summed E-state index contributed by atoms with van der Waals surface area (Å²) in [5.74, 6) is 0.265. The highest BCUT2D eigenvalue weighted by Crippen LogP contribution is 2.45. The Bertz CT molecular complexity index is 661. The van der Waals surface area contributed by atoms with Gasteiger partial charge in [0.2, 0.25) is 5.91 Å². The number of anilines is 1. The van der Waals surface area contributed by atoms with Crippen molar-refractivity contribution in [3.05, 3.63) is 16.0 Å². The van der Waals surface area contributed by atoms with Gasteiger partial charge in [-0.1, -0.05) is 27.2 Å². The van der Waals surface area contributed by atoms with Crippen molar-refractivity contribution in [1.82, 2.24) is 0 Å². The zero-order valence-electron chi connectivity index (χ0n) is 13.3. The Hall–Kier alpha value is -1.85. The number of thiophene rings is 1. The molecule has 0 aromatic carbocycles. The summed E-state index contributed by atoms with van der Waals surface area (Å²) in [6.07, 6.45) is 3.92. The molecule has 1 atom stereocenters. The fourth-order valence-corrected chi connectivity index (χ4v) is 4.28. The van der Waals surface area contributed by atoms with E-state index in [-0.39, 0.29) is 12.3 Å². The zero-order valence-corrected chi connectivity index (χ0v) is 14.1. The van der Waals surface area contributed by atoms with Crippen LogP contribution in [0.25, 0.3) is 0 Å². The highest BCUT2D eigenvalue weighted by atomic mass is 32.1. The third-order valence-corrected chi connectivity index (χ3v) is 6.06. The van der Waals surface area contributed by atoms with Crippen LogP contribution in [0.1, 0.15) is 56.0 Å². The molecule has 1 aromatic heterocycles. The number of fused-ring (bicyclic) bond motifs is 1. The molecule has 1 aromatic rings. The van der Waals surface area contributed by atoms with E-state index < -0.39 is 0 Å². The molecule has 0 bridgehead atoms. The van der Waals surface area contributed by atoms with Crippen LogP contribution in [0.5, 0.6) is 0 Å². The van der Waals surface area contributed by atoms with Gasteiger partial charge in [0.05, 0.1) is 11.6 Å². The molecule has 22 heavy (non-hydrogen) atoms. The Morgan fingerprint density at radius 2 is 2.18 bits per heavy atom. The van der Waals surface area contributed by atoms with Crippen molar-refractivity contribution in [3.63, 3.8) is 0 Å². The molecule has 2 rings (SSSR count). The third-order valence-electron chi connectivity index (χ3n) is 4.89. The number of hydrogen-bond donors (Lipinski definition) is 1. The van der Waals surface area contributed by atoms with Crippen molar-refractivity contribution in [2.45, 2.75) is 52.9 Å². The van der Waals surface area contributed by atoms with Crippen LogP contribution in [0.3, 0.4) is 0 Å². The lowest BCUT2D eigenvalue weighted by Crippen LogP contribution is -2.28. The minimum Gasteiger partial charge on any atom is -0.316 e. The summed E-state index contributed by atoms with van der Waals surface area (Å²) in [5.41, 5.74) is 1.99. The van der Waals surface area contributed by atoms with E-state index in [2.05, 4.69) is 32.2 Å². The minimum atomic E-state index is -0.344. The molecule has 4 nitrogen and oxygen atoms in total. The van der Waals surface area contributed by atoms with E-state index in [1.807, 2.05) is 6.07 Å². The molecule has 0 spiro atoms. The van der Waals surface area contributed by atoms with Crippen molar-refractivity contribution < 1.29 is 4.79 Å². The van der Waals surface area contributed by atoms with Gasteiger partial charge < -0.3 is 5.32 Å². The normalized spacial score (nSPS) is 17.2. The quantitative estimate of drug-likeness (QED) is 0.911. The van der Waals surface area contributed by atoms with E-state index in [4.69, 9.17) is 5.26 Å². The summed E-state index contributed by atoms with van der Waals surface area (Å²) in [5, 5.41) is 21.3. The summed E-state index contributed by atoms with van der Waals surface area (Å²) in [6.45, 7) is 6.83. The van der Waals surface area contributed by atoms with Crippen LogP contribution in [-0.4, -0.2) is 5.91 Å². The van der Waals surface area contributed by atoms with Crippen LogP contribution < -0.4 is 5.32 Å². The van der Waals surface area contributed by atoms with Gasteiger partial charge in [0.15, 0.2) is 0 Å². The summed E-state index contributed by atoms with van der Waals surface area (Å²) in [4.78, 5) is 12.9. The summed E-state index contributed by atoms with van der Waals surface area (Å²) >= 11 is 1.51. The van der Waals surface area contributed by atoms with Crippen molar-refractivity contribution in [3.8, 4) is 12.1 Å². The van der Waals surface area contributed by atoms with Crippen LogP contribution in [0.2, 0.25) is 0 Å². The first-order chi connectivity index (χ1) is 10.4. The van der Waals surface area contributed by atoms with Crippen LogP contribution in [0.15, 0.2) is 0 Å². The molecule has 1 unspecified atom stereocenters. The van der Waals surface area contributed by atoms with E-state index in [1.54, 1.807) is 0 Å². The maximum absolute atomic E-state index is 11.6. The number of amides is 1. The van der Waals surface area contributed by atoms with Crippen molar-refractivity contribution in [1.29, 1.82) is 10.5 Å². The lowest BCUT2D eigenvalue weighted by molar-refractivity contribution is -0.115. The molecule has 5 heteroatoms. The Kier molecular flexibility index (Phi) is 4.88. The molecule has 0 saturated carbocycles. The lowest BCUT2D eigenvalue weighted by Gasteiger charge is -2.36. The predicted octanol–water partition coefficient (Wildman–Crippen LogP) is 4.01. The molecule has 0 saturated heterocycles. The standard InChI is InChI=1S/C17H21N3OS/c1-4-17(2,3)11-5-6-12-13(10-19)16(22-14(12)9-11)20-15(21)7-8-18/h11H,4-7,9H2,1-3H3,(H,20,21). The first-order valence-corrected chi connectivity index (χ1v) is 8.46. The number of nitriles is 2. The van der Waals surface area contributed by atoms with Gasteiger partial charge >= 0.3 is 0 Å². The molecule has 0 radical (unpaired) electrons. The fraction of sp³-hybridized carbons (Fsp3) is 0.588. The van der Waals surface area contributed by atoms with E-state index in [1.165, 1.54) is 16.2 Å². The molecular weight excluding hydrogens is 294 g/mol. The molecule has 1 N–H and O–H groups in total. The third kappa shape index (κ3) is 3.15. The van der Waals surface area contributed by atoms with E-state index in [0.29, 0.717) is 21.9 Å². The lowest BCUT2D eigenvalue weighted by atomic mass is 9.69. The highest BCUT2D eigenvalue weighted by Gasteiger charge is 2.33. The van der Waals surface area contributed by atoms with Gasteiger partial charge in [-0.25, -0.2) is 0 Å². The van der Waals surface area contributed by atoms with Gasteiger partial charge in [-0.2, -0.15) is 10.5 Å². The number of nitrogens with one attached hydrogen (secondary N) is 1. The molecule has 1 aliphatic rings. The Balaban J connectivity index is 2.27. The number of rotatable bonds is 4. The number of carbonyl (C=O) groups excluding carboxylic acids is 1. The largest absolute Gasteiger partial charge is 0.316 e. The first kappa shape index (κ1) is 16.5. The number of carbonyl (C=O) groups is 1. The van der Waals surface area contributed by atoms with Crippen LogP contribution in [-0.2, 0) is 17.6 Å². The first-order valence-electron chi connectivity index (χ1n) is 7.64. The van der Waals surface area contributed by atoms with Gasteiger partial charge in [0.1, 0.15) is 17.5 Å². The molecular formula is C17H21N3OS. The van der Waals surface area contributed by atoms with Crippen molar-refractivity contribution >= 4 is 22.2 Å². The van der Waals surface area contributed by atoms with E-state index in [0.717, 1.165) is 31.2 Å². The topological polar surface area (TPSA) is 76.7 Å². The Labute approximate surface area is 135 Å². The smallest absolute Gasteiger partial charge is 0.239 e. The summed E-state index contributed by atoms with van der Waals surface area (Å²) < 4.78 is 0. The van der Waals surface area contributed by atoms with Gasteiger partial charge in [0, 0.05) is 4.88 Å². The Morgan fingerprint density at radius 1 is 1.45 bits per heavy atom. The van der Waals surface area contributed by atoms with E-state index >= 15 is 0 Å². The summed E-state index contributed by atoms with van der Waals surface area (Å²) in [6, 6.07) is 4.06. The summed E-state index contributed by atoms with van der Waals surface area (Å²) in [7, 11) is 0. The van der Waals surface area contributed by atoms with Gasteiger partial charge in [0.25, 0.3) is 0 Å². The van der Waals surface area contributed by atoms with Gasteiger partial charge in [-0.05, 0) is 36.2 Å². The molecule has 1 heterocycles. The predicted molar refractivity (Wildman–Crippen MR) is 87.5 cm³/mol. The second-order valence-electron chi connectivity index (χ2n) is 6.48. The van der Waals surface area contributed by atoms with Crippen LogP contribution >= 0.6 is 11.3 Å². The Morgan fingerprint density at radius 3 is 2.77 bits per heavy atom. The van der Waals surface area contributed by atoms with Crippen molar-refractivity contribution in [2.24, 2.45) is 11.3 Å². The molecule has 116 valence electrons. The van der Waals surface area contributed by atoms with Gasteiger partial charge in [-0.3, -0.25) is 4.79 Å². The fourth-order valence-electron chi connectivity index (χ4n) is 2.99. The van der Waals surface area contributed by atoms with Crippen LogP contribution in [0.4, 0.5) is 5.00 Å². The average Bonchev–Trinajstić information content (AvgIpc) is 2.83. The molecule has 1 amide bonds. The maximum atomic E-state index is 11.6. The second-order valence-corrected chi connectivity index (χ2v) is 7.59. The van der Waals surface area contributed by atoms with Crippen LogP contribution in [0, 0.1) is 34.0 Å². The molecule has 0 aliphatic heterocycles. The highest BCUT2D eigenvalue weighted by molar-refractivity contribution is 7.16. The number of hydrogen-bond acceptors (Lipinski definition) is 4. The minimum absolute atomic E-state index is 0.182. The van der Waals surface area contributed by atoms with Crippen molar-refractivity contribution in [2.75, 3.05) is 5.32 Å². The zero-order chi connectivity index (χ0) is 16.3. The second kappa shape index (κ2) is 6.50.